The van der Waals surface area contributed by atoms with Crippen LogP contribution in [-0.4, -0.2) is 24.0 Å². The number of halogens is 3. The first kappa shape index (κ1) is 24.1. The lowest BCUT2D eigenvalue weighted by Gasteiger charge is -2.24. The van der Waals surface area contributed by atoms with Crippen molar-refractivity contribution in [2.45, 2.75) is 42.5 Å². The van der Waals surface area contributed by atoms with Gasteiger partial charge < -0.3 is 10.2 Å². The Morgan fingerprint density at radius 1 is 0.971 bits per heavy atom. The summed E-state index contributed by atoms with van der Waals surface area (Å²) in [4.78, 5) is 20.2. The van der Waals surface area contributed by atoms with E-state index in [4.69, 9.17) is 0 Å². The van der Waals surface area contributed by atoms with Gasteiger partial charge in [0, 0.05) is 35.6 Å². The summed E-state index contributed by atoms with van der Waals surface area (Å²) in [6.07, 6.45) is 0.207. The molecule has 34 heavy (non-hydrogen) atoms. The van der Waals surface area contributed by atoms with Gasteiger partial charge in [0.2, 0.25) is 0 Å². The van der Waals surface area contributed by atoms with Crippen LogP contribution < -0.4 is 10.2 Å². The standard InChI is InChI=1S/C26H26F3N3OS/c27-26(28,29)20-15-23(24(30-17-20)32-13-6-1-2-7-14-32)25(33)31-21-11-8-12-22(16-21)34-18-19-9-4-3-5-10-19/h3-5,8-12,15-17H,1-2,6-7,13-14,18H2,(H,31,33). The van der Waals surface area contributed by atoms with E-state index in [1.54, 1.807) is 17.8 Å². The third kappa shape index (κ3) is 6.32. The summed E-state index contributed by atoms with van der Waals surface area (Å²) < 4.78 is 40.2. The lowest BCUT2D eigenvalue weighted by molar-refractivity contribution is -0.137. The fraction of sp³-hybridized carbons (Fsp3) is 0.308. The molecule has 1 saturated heterocycles. The van der Waals surface area contributed by atoms with E-state index in [2.05, 4.69) is 10.3 Å². The molecule has 3 aromatic rings. The van der Waals surface area contributed by atoms with Gasteiger partial charge in [-0.2, -0.15) is 13.2 Å². The molecule has 1 aliphatic rings. The van der Waals surface area contributed by atoms with E-state index >= 15 is 0 Å². The highest BCUT2D eigenvalue weighted by Gasteiger charge is 2.33. The molecule has 4 nitrogen and oxygen atoms in total. The van der Waals surface area contributed by atoms with E-state index in [1.165, 1.54) is 5.56 Å². The van der Waals surface area contributed by atoms with Crippen molar-refractivity contribution < 1.29 is 18.0 Å². The first-order valence-electron chi connectivity index (χ1n) is 11.3. The van der Waals surface area contributed by atoms with Gasteiger partial charge in [0.25, 0.3) is 5.91 Å². The number of amides is 1. The molecule has 0 bridgehead atoms. The van der Waals surface area contributed by atoms with Gasteiger partial charge in [-0.3, -0.25) is 4.79 Å². The molecule has 8 heteroatoms. The normalized spacial score (nSPS) is 14.5. The largest absolute Gasteiger partial charge is 0.417 e. The minimum atomic E-state index is -4.58. The molecule has 0 spiro atoms. The van der Waals surface area contributed by atoms with E-state index in [-0.39, 0.29) is 5.56 Å². The second-order valence-corrected chi connectivity index (χ2v) is 9.30. The number of carbonyl (C=O) groups is 1. The van der Waals surface area contributed by atoms with E-state index < -0.39 is 17.6 Å². The molecular weight excluding hydrogens is 459 g/mol. The van der Waals surface area contributed by atoms with Gasteiger partial charge in [-0.15, -0.1) is 11.8 Å². The molecule has 1 aliphatic heterocycles. The Kier molecular flexibility index (Phi) is 7.77. The quantitative estimate of drug-likeness (QED) is 0.381. The van der Waals surface area contributed by atoms with Crippen molar-refractivity contribution in [1.29, 1.82) is 0 Å². The predicted octanol–water partition coefficient (Wildman–Crippen LogP) is 7.03. The van der Waals surface area contributed by atoms with Crippen molar-refractivity contribution >= 4 is 29.2 Å². The number of hydrogen-bond acceptors (Lipinski definition) is 4. The smallest absolute Gasteiger partial charge is 0.356 e. The predicted molar refractivity (Wildman–Crippen MR) is 130 cm³/mol. The first-order valence-corrected chi connectivity index (χ1v) is 12.3. The lowest BCUT2D eigenvalue weighted by atomic mass is 10.1. The van der Waals surface area contributed by atoms with Crippen LogP contribution in [0.2, 0.25) is 0 Å². The van der Waals surface area contributed by atoms with Gasteiger partial charge in [0.05, 0.1) is 11.1 Å². The number of aromatic nitrogens is 1. The maximum absolute atomic E-state index is 13.4. The molecule has 2 aromatic carbocycles. The monoisotopic (exact) mass is 485 g/mol. The molecule has 1 N–H and O–H groups in total. The van der Waals surface area contributed by atoms with Crippen LogP contribution in [0.5, 0.6) is 0 Å². The van der Waals surface area contributed by atoms with Crippen molar-refractivity contribution in [2.24, 2.45) is 0 Å². The lowest BCUT2D eigenvalue weighted by Crippen LogP contribution is -2.28. The second kappa shape index (κ2) is 11.0. The van der Waals surface area contributed by atoms with Crippen molar-refractivity contribution in [3.63, 3.8) is 0 Å². The molecule has 2 heterocycles. The van der Waals surface area contributed by atoms with Crippen molar-refractivity contribution in [3.8, 4) is 0 Å². The molecule has 1 amide bonds. The zero-order chi connectivity index (χ0) is 24.0. The number of hydrogen-bond donors (Lipinski definition) is 1. The molecule has 1 fully saturated rings. The Balaban J connectivity index is 1.55. The third-order valence-corrected chi connectivity index (χ3v) is 6.75. The van der Waals surface area contributed by atoms with Gasteiger partial charge in [-0.1, -0.05) is 49.2 Å². The van der Waals surface area contributed by atoms with Gasteiger partial charge in [-0.25, -0.2) is 4.98 Å². The van der Waals surface area contributed by atoms with Gasteiger partial charge in [0.1, 0.15) is 5.82 Å². The van der Waals surface area contributed by atoms with Crippen molar-refractivity contribution in [2.75, 3.05) is 23.3 Å². The first-order chi connectivity index (χ1) is 16.4. The molecule has 0 atom stereocenters. The van der Waals surface area contributed by atoms with Crippen LogP contribution in [-0.2, 0) is 11.9 Å². The molecule has 178 valence electrons. The van der Waals surface area contributed by atoms with E-state index in [0.29, 0.717) is 24.6 Å². The number of rotatable bonds is 6. The summed E-state index contributed by atoms with van der Waals surface area (Å²) in [7, 11) is 0. The SMILES string of the molecule is O=C(Nc1cccc(SCc2ccccc2)c1)c1cc(C(F)(F)F)cnc1N1CCCCCC1. The molecule has 0 radical (unpaired) electrons. The summed E-state index contributed by atoms with van der Waals surface area (Å²) in [5, 5.41) is 2.78. The topological polar surface area (TPSA) is 45.2 Å². The average Bonchev–Trinajstić information content (AvgIpc) is 3.12. The van der Waals surface area contributed by atoms with Crippen LogP contribution in [0.4, 0.5) is 24.7 Å². The second-order valence-electron chi connectivity index (χ2n) is 8.25. The fourth-order valence-electron chi connectivity index (χ4n) is 3.92. The van der Waals surface area contributed by atoms with Gasteiger partial charge in [0.15, 0.2) is 0 Å². The number of anilines is 2. The highest BCUT2D eigenvalue weighted by molar-refractivity contribution is 7.98. The highest BCUT2D eigenvalue weighted by atomic mass is 32.2. The van der Waals surface area contributed by atoms with Crippen LogP contribution in [0.3, 0.4) is 0 Å². The number of pyridine rings is 1. The molecule has 1 aromatic heterocycles. The van der Waals surface area contributed by atoms with Crippen LogP contribution in [0, 0.1) is 0 Å². The molecular formula is C26H26F3N3OS. The number of nitrogens with zero attached hydrogens (tertiary/aromatic N) is 2. The Morgan fingerprint density at radius 2 is 1.71 bits per heavy atom. The molecule has 4 rings (SSSR count). The van der Waals surface area contributed by atoms with Crippen LogP contribution in [0.15, 0.2) is 71.8 Å². The van der Waals surface area contributed by atoms with Crippen LogP contribution >= 0.6 is 11.8 Å². The summed E-state index contributed by atoms with van der Waals surface area (Å²) >= 11 is 1.62. The van der Waals surface area contributed by atoms with Crippen LogP contribution in [0.1, 0.15) is 47.2 Å². The summed E-state index contributed by atoms with van der Waals surface area (Å²) in [5.74, 6) is 0.486. The Bertz CT molecular complexity index is 1110. The number of benzene rings is 2. The van der Waals surface area contributed by atoms with Crippen molar-refractivity contribution in [3.05, 3.63) is 83.6 Å². The zero-order valence-corrected chi connectivity index (χ0v) is 19.5. The average molecular weight is 486 g/mol. The van der Waals surface area contributed by atoms with E-state index in [9.17, 15) is 18.0 Å². The minimum absolute atomic E-state index is 0.0564. The van der Waals surface area contributed by atoms with Crippen LogP contribution in [0.25, 0.3) is 0 Å². The third-order valence-electron chi connectivity index (χ3n) is 5.68. The van der Waals surface area contributed by atoms with E-state index in [1.807, 2.05) is 53.4 Å². The number of alkyl halides is 3. The number of nitrogens with one attached hydrogen (secondary N) is 1. The van der Waals surface area contributed by atoms with E-state index in [0.717, 1.165) is 48.6 Å². The molecule has 0 aliphatic carbocycles. The highest BCUT2D eigenvalue weighted by Crippen LogP contribution is 2.33. The maximum Gasteiger partial charge on any atom is 0.417 e. The minimum Gasteiger partial charge on any atom is -0.356 e. The van der Waals surface area contributed by atoms with Gasteiger partial charge in [-0.05, 0) is 42.7 Å². The maximum atomic E-state index is 13.4. The Labute approximate surface area is 201 Å². The Morgan fingerprint density at radius 3 is 2.41 bits per heavy atom. The number of carbonyl (C=O) groups excluding carboxylic acids is 1. The summed E-state index contributed by atoms with van der Waals surface area (Å²) in [5.41, 5.74) is 0.726. The molecule has 0 saturated carbocycles. The molecule has 0 unspecified atom stereocenters. The van der Waals surface area contributed by atoms with Gasteiger partial charge >= 0.3 is 6.18 Å². The Hall–Kier alpha value is -3.00. The summed E-state index contributed by atoms with van der Waals surface area (Å²) in [6, 6.07) is 18.3. The number of thioether (sulfide) groups is 1. The zero-order valence-electron chi connectivity index (χ0n) is 18.6. The summed E-state index contributed by atoms with van der Waals surface area (Å²) in [6.45, 7) is 1.34. The fourth-order valence-corrected chi connectivity index (χ4v) is 4.83. The van der Waals surface area contributed by atoms with Crippen molar-refractivity contribution in [1.82, 2.24) is 4.98 Å².